The number of amides is 1. The highest BCUT2D eigenvalue weighted by Crippen LogP contribution is 2.43. The topological polar surface area (TPSA) is 56.1 Å². The Morgan fingerprint density at radius 3 is 2.68 bits per heavy atom. The minimum Gasteiger partial charge on any atom is -0.392 e. The van der Waals surface area contributed by atoms with Gasteiger partial charge in [-0.1, -0.05) is 50.3 Å². The number of likely N-dealkylation sites (tertiary alicyclic amines) is 1. The highest BCUT2D eigenvalue weighted by atomic mass is 16.3. The predicted molar refractivity (Wildman–Crippen MR) is 141 cm³/mol. The van der Waals surface area contributed by atoms with Gasteiger partial charge in [0, 0.05) is 44.9 Å². The lowest BCUT2D eigenvalue weighted by molar-refractivity contribution is -0.126. The van der Waals surface area contributed by atoms with E-state index < -0.39 is 0 Å². The SMILES string of the molecule is CC/C=C(\C(=C/C(C)c1ccccc1C1CC1)CO)C1CCN(C(=O)/C(C)=C/N(C)C=NC)C1. The van der Waals surface area contributed by atoms with Gasteiger partial charge in [0.2, 0.25) is 0 Å². The summed E-state index contributed by atoms with van der Waals surface area (Å²) in [6.07, 6.45) is 12.4. The van der Waals surface area contributed by atoms with Gasteiger partial charge in [-0.3, -0.25) is 9.79 Å². The molecule has 1 aromatic rings. The molecule has 1 heterocycles. The van der Waals surface area contributed by atoms with E-state index >= 15 is 0 Å². The molecule has 1 aliphatic heterocycles. The molecule has 0 spiro atoms. The number of aliphatic hydroxyl groups excluding tert-OH is 1. The van der Waals surface area contributed by atoms with Crippen LogP contribution in [0.3, 0.4) is 0 Å². The van der Waals surface area contributed by atoms with Crippen LogP contribution >= 0.6 is 0 Å². The molecule has 1 N–H and O–H groups in total. The maximum absolute atomic E-state index is 13.0. The average molecular weight is 464 g/mol. The van der Waals surface area contributed by atoms with E-state index in [1.807, 2.05) is 25.1 Å². The molecule has 2 fully saturated rings. The number of hydrogen-bond donors (Lipinski definition) is 1. The summed E-state index contributed by atoms with van der Waals surface area (Å²) in [4.78, 5) is 20.8. The number of rotatable bonds is 10. The van der Waals surface area contributed by atoms with Gasteiger partial charge in [0.15, 0.2) is 0 Å². The Morgan fingerprint density at radius 2 is 2.03 bits per heavy atom. The van der Waals surface area contributed by atoms with Crippen LogP contribution in [0.4, 0.5) is 0 Å². The molecule has 5 nitrogen and oxygen atoms in total. The molecular weight excluding hydrogens is 422 g/mol. The lowest BCUT2D eigenvalue weighted by Gasteiger charge is -2.22. The first-order valence-corrected chi connectivity index (χ1v) is 12.6. The molecule has 2 atom stereocenters. The second-order valence-electron chi connectivity index (χ2n) is 9.70. The molecular formula is C29H41N3O2. The molecule has 1 saturated carbocycles. The van der Waals surface area contributed by atoms with Crippen LogP contribution in [-0.2, 0) is 4.79 Å². The monoisotopic (exact) mass is 463 g/mol. The van der Waals surface area contributed by atoms with Gasteiger partial charge in [0.25, 0.3) is 5.91 Å². The Hall–Kier alpha value is -2.66. The van der Waals surface area contributed by atoms with Crippen molar-refractivity contribution in [3.05, 3.63) is 70.5 Å². The first-order valence-electron chi connectivity index (χ1n) is 12.6. The molecule has 3 rings (SSSR count). The fraction of sp³-hybridized carbons (Fsp3) is 0.517. The normalized spacial score (nSPS) is 20.8. The Labute approximate surface area is 205 Å². The second-order valence-corrected chi connectivity index (χ2v) is 9.70. The van der Waals surface area contributed by atoms with Crippen LogP contribution in [0.5, 0.6) is 0 Å². The van der Waals surface area contributed by atoms with Gasteiger partial charge in [-0.2, -0.15) is 0 Å². The third kappa shape index (κ3) is 6.47. The molecule has 1 aromatic carbocycles. The van der Waals surface area contributed by atoms with Crippen LogP contribution in [0.15, 0.2) is 64.3 Å². The number of aliphatic imine (C=N–C) groups is 1. The Balaban J connectivity index is 1.77. The molecule has 5 heteroatoms. The van der Waals surface area contributed by atoms with Crippen LogP contribution in [0.1, 0.15) is 69.4 Å². The molecule has 34 heavy (non-hydrogen) atoms. The van der Waals surface area contributed by atoms with E-state index in [-0.39, 0.29) is 24.3 Å². The van der Waals surface area contributed by atoms with E-state index in [9.17, 15) is 9.90 Å². The van der Waals surface area contributed by atoms with Crippen molar-refractivity contribution in [2.75, 3.05) is 33.8 Å². The minimum atomic E-state index is 0.0201. The highest BCUT2D eigenvalue weighted by Gasteiger charge is 2.31. The molecule has 0 aromatic heterocycles. The maximum Gasteiger partial charge on any atom is 0.250 e. The van der Waals surface area contributed by atoms with E-state index in [4.69, 9.17) is 0 Å². The van der Waals surface area contributed by atoms with Crippen molar-refractivity contribution in [3.63, 3.8) is 0 Å². The lowest BCUT2D eigenvalue weighted by Crippen LogP contribution is -2.30. The summed E-state index contributed by atoms with van der Waals surface area (Å²) in [5, 5.41) is 10.4. The number of allylic oxidation sites excluding steroid dienone is 2. The summed E-state index contributed by atoms with van der Waals surface area (Å²) in [7, 11) is 3.59. The molecule has 0 radical (unpaired) electrons. The Morgan fingerprint density at radius 1 is 1.29 bits per heavy atom. The van der Waals surface area contributed by atoms with Crippen LogP contribution in [0, 0.1) is 5.92 Å². The summed E-state index contributed by atoms with van der Waals surface area (Å²) >= 11 is 0. The summed E-state index contributed by atoms with van der Waals surface area (Å²) in [6, 6.07) is 8.75. The summed E-state index contributed by atoms with van der Waals surface area (Å²) < 4.78 is 0. The third-order valence-electron chi connectivity index (χ3n) is 6.87. The number of hydrogen-bond acceptors (Lipinski definition) is 3. The Bertz CT molecular complexity index is 971. The maximum atomic E-state index is 13.0. The van der Waals surface area contributed by atoms with Gasteiger partial charge >= 0.3 is 0 Å². The Kier molecular flexibility index (Phi) is 9.28. The number of benzene rings is 1. The first kappa shape index (κ1) is 26.0. The van der Waals surface area contributed by atoms with E-state index in [1.54, 1.807) is 18.3 Å². The molecule has 1 aliphatic carbocycles. The van der Waals surface area contributed by atoms with Crippen molar-refractivity contribution in [2.45, 2.75) is 58.3 Å². The van der Waals surface area contributed by atoms with Crippen molar-refractivity contribution in [1.29, 1.82) is 0 Å². The van der Waals surface area contributed by atoms with Crippen molar-refractivity contribution in [2.24, 2.45) is 10.9 Å². The van der Waals surface area contributed by atoms with Crippen LogP contribution < -0.4 is 0 Å². The molecule has 2 unspecified atom stereocenters. The quantitative estimate of drug-likeness (QED) is 0.223. The predicted octanol–water partition coefficient (Wildman–Crippen LogP) is 5.26. The second kappa shape index (κ2) is 12.2. The summed E-state index contributed by atoms with van der Waals surface area (Å²) in [5.74, 6) is 1.25. The van der Waals surface area contributed by atoms with E-state index in [1.165, 1.54) is 29.5 Å². The van der Waals surface area contributed by atoms with Crippen molar-refractivity contribution in [3.8, 4) is 0 Å². The summed E-state index contributed by atoms with van der Waals surface area (Å²) in [5.41, 5.74) is 5.74. The lowest BCUT2D eigenvalue weighted by atomic mass is 9.86. The molecule has 1 saturated heterocycles. The van der Waals surface area contributed by atoms with E-state index in [0.29, 0.717) is 18.0 Å². The van der Waals surface area contributed by atoms with E-state index in [0.717, 1.165) is 25.0 Å². The number of aliphatic hydroxyl groups is 1. The fourth-order valence-electron chi connectivity index (χ4n) is 5.13. The molecule has 0 bridgehead atoms. The number of nitrogens with zero attached hydrogens (tertiary/aromatic N) is 3. The zero-order valence-corrected chi connectivity index (χ0v) is 21.5. The zero-order valence-electron chi connectivity index (χ0n) is 21.5. The van der Waals surface area contributed by atoms with Gasteiger partial charge < -0.3 is 14.9 Å². The average Bonchev–Trinajstić information content (AvgIpc) is 3.57. The minimum absolute atomic E-state index is 0.0201. The van der Waals surface area contributed by atoms with Gasteiger partial charge in [0.1, 0.15) is 0 Å². The standard InChI is InChI=1S/C29H41N3O2/c1-6-9-27(24-14-15-32(18-24)29(34)22(3)17-31(5)20-30-4)25(19-33)16-21(2)26-10-7-8-11-28(26)23-12-13-23/h7-11,16-17,20-21,23-24,33H,6,12-15,18-19H2,1-5H3/b22-17+,25-16-,27-9-,30-20?. The van der Waals surface area contributed by atoms with E-state index in [2.05, 4.69) is 55.3 Å². The van der Waals surface area contributed by atoms with Crippen molar-refractivity contribution in [1.82, 2.24) is 9.80 Å². The molecule has 2 aliphatic rings. The number of carbonyl (C=O) groups is 1. The van der Waals surface area contributed by atoms with Gasteiger partial charge in [0.05, 0.1) is 12.9 Å². The first-order chi connectivity index (χ1) is 16.4. The fourth-order valence-corrected chi connectivity index (χ4v) is 5.13. The van der Waals surface area contributed by atoms with Crippen molar-refractivity contribution < 1.29 is 9.90 Å². The van der Waals surface area contributed by atoms with Gasteiger partial charge in [-0.25, -0.2) is 0 Å². The number of carbonyl (C=O) groups excluding carboxylic acids is 1. The zero-order chi connectivity index (χ0) is 24.7. The van der Waals surface area contributed by atoms with Crippen LogP contribution in [-0.4, -0.2) is 60.9 Å². The smallest absolute Gasteiger partial charge is 0.250 e. The van der Waals surface area contributed by atoms with Crippen molar-refractivity contribution >= 4 is 12.2 Å². The largest absolute Gasteiger partial charge is 0.392 e. The summed E-state index contributed by atoms with van der Waals surface area (Å²) in [6.45, 7) is 7.67. The molecule has 1 amide bonds. The third-order valence-corrected chi connectivity index (χ3v) is 6.87. The molecule has 184 valence electrons. The van der Waals surface area contributed by atoms with Gasteiger partial charge in [-0.15, -0.1) is 0 Å². The highest BCUT2D eigenvalue weighted by molar-refractivity contribution is 5.93. The van der Waals surface area contributed by atoms with Gasteiger partial charge in [-0.05, 0) is 66.7 Å². The van der Waals surface area contributed by atoms with Crippen LogP contribution in [0.25, 0.3) is 0 Å². The van der Waals surface area contributed by atoms with Crippen LogP contribution in [0.2, 0.25) is 0 Å².